The summed E-state index contributed by atoms with van der Waals surface area (Å²) in [5.41, 5.74) is 5.26. The Morgan fingerprint density at radius 2 is 1.82 bits per heavy atom. The quantitative estimate of drug-likeness (QED) is 0.735. The Kier molecular flexibility index (Phi) is 3.54. The molecule has 0 aromatic carbocycles. The molecule has 5 heteroatoms. The van der Waals surface area contributed by atoms with Crippen LogP contribution in [0.3, 0.4) is 0 Å². The van der Waals surface area contributed by atoms with Gasteiger partial charge in [0.05, 0.1) is 0 Å². The highest BCUT2D eigenvalue weighted by Crippen LogP contribution is 2.27. The largest absolute Gasteiger partial charge is 0.351 e. The molecular formula is C12H21N3O2. The zero-order valence-electron chi connectivity index (χ0n) is 10.4. The number of hydrogen-bond acceptors (Lipinski definition) is 2. The van der Waals surface area contributed by atoms with Gasteiger partial charge in [-0.15, -0.1) is 0 Å². The SMILES string of the molecule is CC1CN(C(N)=O)CCN1C(=O)C1CCCC1. The Labute approximate surface area is 102 Å². The van der Waals surface area contributed by atoms with E-state index in [0.29, 0.717) is 19.6 Å². The minimum Gasteiger partial charge on any atom is -0.351 e. The van der Waals surface area contributed by atoms with Crippen LogP contribution in [0.25, 0.3) is 0 Å². The van der Waals surface area contributed by atoms with Gasteiger partial charge in [0.2, 0.25) is 5.91 Å². The van der Waals surface area contributed by atoms with E-state index in [1.54, 1.807) is 4.90 Å². The molecule has 2 fully saturated rings. The predicted molar refractivity (Wildman–Crippen MR) is 64.3 cm³/mol. The molecule has 1 saturated carbocycles. The first-order valence-corrected chi connectivity index (χ1v) is 6.44. The van der Waals surface area contributed by atoms with Gasteiger partial charge in [-0.05, 0) is 19.8 Å². The predicted octanol–water partition coefficient (Wildman–Crippen LogP) is 0.788. The van der Waals surface area contributed by atoms with E-state index >= 15 is 0 Å². The number of carbonyl (C=O) groups is 2. The first-order chi connectivity index (χ1) is 8.09. The minimum absolute atomic E-state index is 0.0874. The van der Waals surface area contributed by atoms with Crippen molar-refractivity contribution in [3.8, 4) is 0 Å². The molecule has 2 N–H and O–H groups in total. The van der Waals surface area contributed by atoms with Gasteiger partial charge in [0, 0.05) is 31.6 Å². The van der Waals surface area contributed by atoms with Gasteiger partial charge >= 0.3 is 6.03 Å². The van der Waals surface area contributed by atoms with Crippen molar-refractivity contribution in [2.24, 2.45) is 11.7 Å². The molecule has 96 valence electrons. The Hall–Kier alpha value is -1.26. The summed E-state index contributed by atoms with van der Waals surface area (Å²) in [5, 5.41) is 0. The number of carbonyl (C=O) groups excluding carboxylic acids is 2. The molecule has 1 aliphatic heterocycles. The van der Waals surface area contributed by atoms with Gasteiger partial charge in [0.15, 0.2) is 0 Å². The summed E-state index contributed by atoms with van der Waals surface area (Å²) < 4.78 is 0. The van der Waals surface area contributed by atoms with Gasteiger partial charge in [0.1, 0.15) is 0 Å². The van der Waals surface area contributed by atoms with Gasteiger partial charge in [-0.1, -0.05) is 12.8 Å². The normalized spacial score (nSPS) is 26.3. The fraction of sp³-hybridized carbons (Fsp3) is 0.833. The number of primary amides is 1. The van der Waals surface area contributed by atoms with Crippen molar-refractivity contribution in [2.75, 3.05) is 19.6 Å². The van der Waals surface area contributed by atoms with Crippen LogP contribution in [0.15, 0.2) is 0 Å². The number of amides is 3. The molecule has 3 amide bonds. The molecule has 0 bridgehead atoms. The average molecular weight is 239 g/mol. The lowest BCUT2D eigenvalue weighted by molar-refractivity contribution is -0.139. The van der Waals surface area contributed by atoms with Gasteiger partial charge < -0.3 is 15.5 Å². The monoisotopic (exact) mass is 239 g/mol. The molecule has 1 saturated heterocycles. The van der Waals surface area contributed by atoms with Gasteiger partial charge in [-0.25, -0.2) is 4.79 Å². The van der Waals surface area contributed by atoms with E-state index in [9.17, 15) is 9.59 Å². The second-order valence-electron chi connectivity index (χ2n) is 5.15. The van der Waals surface area contributed by atoms with E-state index in [4.69, 9.17) is 5.73 Å². The van der Waals surface area contributed by atoms with Crippen LogP contribution in [0.1, 0.15) is 32.6 Å². The Bertz CT molecular complexity index is 313. The Morgan fingerprint density at radius 3 is 2.35 bits per heavy atom. The molecule has 0 aromatic heterocycles. The third-order valence-corrected chi connectivity index (χ3v) is 3.93. The maximum absolute atomic E-state index is 12.3. The molecule has 1 unspecified atom stereocenters. The zero-order valence-corrected chi connectivity index (χ0v) is 10.4. The van der Waals surface area contributed by atoms with Crippen molar-refractivity contribution in [1.82, 2.24) is 9.80 Å². The minimum atomic E-state index is -0.384. The molecule has 0 spiro atoms. The lowest BCUT2D eigenvalue weighted by Crippen LogP contribution is -2.57. The van der Waals surface area contributed by atoms with E-state index < -0.39 is 0 Å². The maximum Gasteiger partial charge on any atom is 0.314 e. The molecule has 5 nitrogen and oxygen atoms in total. The standard InChI is InChI=1S/C12H21N3O2/c1-9-8-14(12(13)17)6-7-15(9)11(16)10-4-2-3-5-10/h9-10H,2-8H2,1H3,(H2,13,17). The number of nitrogens with two attached hydrogens (primary N) is 1. The fourth-order valence-electron chi connectivity index (χ4n) is 2.89. The summed E-state index contributed by atoms with van der Waals surface area (Å²) in [4.78, 5) is 26.9. The van der Waals surface area contributed by atoms with E-state index in [1.165, 1.54) is 12.8 Å². The summed E-state index contributed by atoms with van der Waals surface area (Å²) in [7, 11) is 0. The number of hydrogen-bond donors (Lipinski definition) is 1. The summed E-state index contributed by atoms with van der Waals surface area (Å²) in [5.74, 6) is 0.497. The van der Waals surface area contributed by atoms with E-state index in [0.717, 1.165) is 12.8 Å². The lowest BCUT2D eigenvalue weighted by Gasteiger charge is -2.40. The molecule has 17 heavy (non-hydrogen) atoms. The fourth-order valence-corrected chi connectivity index (χ4v) is 2.89. The topological polar surface area (TPSA) is 66.6 Å². The third-order valence-electron chi connectivity index (χ3n) is 3.93. The van der Waals surface area contributed by atoms with Crippen molar-refractivity contribution < 1.29 is 9.59 Å². The molecule has 2 aliphatic rings. The smallest absolute Gasteiger partial charge is 0.314 e. The van der Waals surface area contributed by atoms with Crippen molar-refractivity contribution in [3.05, 3.63) is 0 Å². The van der Waals surface area contributed by atoms with Crippen LogP contribution >= 0.6 is 0 Å². The van der Waals surface area contributed by atoms with Gasteiger partial charge in [-0.2, -0.15) is 0 Å². The first-order valence-electron chi connectivity index (χ1n) is 6.44. The van der Waals surface area contributed by atoms with Crippen LogP contribution in [-0.4, -0.2) is 47.4 Å². The number of rotatable bonds is 1. The second-order valence-corrected chi connectivity index (χ2v) is 5.15. The van der Waals surface area contributed by atoms with Gasteiger partial charge in [0.25, 0.3) is 0 Å². The summed E-state index contributed by atoms with van der Waals surface area (Å²) in [6.45, 7) is 3.74. The number of urea groups is 1. The molecular weight excluding hydrogens is 218 g/mol. The molecule has 1 atom stereocenters. The molecule has 1 heterocycles. The van der Waals surface area contributed by atoms with Crippen molar-refractivity contribution >= 4 is 11.9 Å². The highest BCUT2D eigenvalue weighted by molar-refractivity contribution is 5.80. The highest BCUT2D eigenvalue weighted by atomic mass is 16.2. The van der Waals surface area contributed by atoms with Crippen LogP contribution in [0.2, 0.25) is 0 Å². The van der Waals surface area contributed by atoms with Crippen LogP contribution in [0.5, 0.6) is 0 Å². The molecule has 1 aliphatic carbocycles. The molecule has 0 aromatic rings. The molecule has 0 radical (unpaired) electrons. The van der Waals surface area contributed by atoms with Crippen LogP contribution in [0.4, 0.5) is 4.79 Å². The second kappa shape index (κ2) is 4.94. The van der Waals surface area contributed by atoms with Crippen molar-refractivity contribution in [2.45, 2.75) is 38.6 Å². The molecule has 2 rings (SSSR count). The number of piperazine rings is 1. The van der Waals surface area contributed by atoms with Crippen LogP contribution in [-0.2, 0) is 4.79 Å². The summed E-state index contributed by atoms with van der Waals surface area (Å²) >= 11 is 0. The Balaban J connectivity index is 1.94. The first kappa shape index (κ1) is 12.2. The lowest BCUT2D eigenvalue weighted by atomic mass is 10.0. The number of nitrogens with zero attached hydrogens (tertiary/aromatic N) is 2. The maximum atomic E-state index is 12.3. The van der Waals surface area contributed by atoms with E-state index in [2.05, 4.69) is 0 Å². The van der Waals surface area contributed by atoms with Crippen molar-refractivity contribution in [1.29, 1.82) is 0 Å². The van der Waals surface area contributed by atoms with E-state index in [-0.39, 0.29) is 23.9 Å². The van der Waals surface area contributed by atoms with Crippen LogP contribution in [0, 0.1) is 5.92 Å². The van der Waals surface area contributed by atoms with Gasteiger partial charge in [-0.3, -0.25) is 4.79 Å². The summed E-state index contributed by atoms with van der Waals surface area (Å²) in [6.07, 6.45) is 4.40. The third kappa shape index (κ3) is 2.53. The zero-order chi connectivity index (χ0) is 12.4. The van der Waals surface area contributed by atoms with Crippen molar-refractivity contribution in [3.63, 3.8) is 0 Å². The highest BCUT2D eigenvalue weighted by Gasteiger charge is 2.33. The van der Waals surface area contributed by atoms with E-state index in [1.807, 2.05) is 11.8 Å². The average Bonchev–Trinajstić information content (AvgIpc) is 2.81. The Morgan fingerprint density at radius 1 is 1.18 bits per heavy atom. The van der Waals surface area contributed by atoms with Crippen LogP contribution < -0.4 is 5.73 Å². The summed E-state index contributed by atoms with van der Waals surface area (Å²) in [6, 6.07) is -0.297.